The van der Waals surface area contributed by atoms with Gasteiger partial charge in [0.2, 0.25) is 0 Å². The van der Waals surface area contributed by atoms with Gasteiger partial charge in [0, 0.05) is 35.9 Å². The molecule has 1 fully saturated rings. The first-order valence-corrected chi connectivity index (χ1v) is 6.99. The first-order valence-electron chi connectivity index (χ1n) is 6.99. The molecule has 1 aromatic carbocycles. The zero-order chi connectivity index (χ0) is 13.3. The number of nitrogens with zero attached hydrogens (tertiary/aromatic N) is 2. The fraction of sp³-hybridized carbons (Fsp3) is 0.438. The molecule has 0 radical (unpaired) electrons. The molecule has 0 saturated carbocycles. The van der Waals surface area contributed by atoms with E-state index in [1.54, 1.807) is 0 Å². The third kappa shape index (κ3) is 2.56. The second kappa shape index (κ2) is 4.82. The highest BCUT2D eigenvalue weighted by Gasteiger charge is 2.24. The van der Waals surface area contributed by atoms with Gasteiger partial charge >= 0.3 is 0 Å². The number of aromatic nitrogens is 1. The molecule has 1 aliphatic rings. The molecule has 3 heteroatoms. The quantitative estimate of drug-likeness (QED) is 0.849. The topological polar surface area (TPSA) is 28.2 Å². The molecular formula is C16H21N3. The van der Waals surface area contributed by atoms with Crippen molar-refractivity contribution in [3.63, 3.8) is 0 Å². The van der Waals surface area contributed by atoms with Crippen LogP contribution in [-0.2, 0) is 0 Å². The van der Waals surface area contributed by atoms with E-state index in [0.717, 1.165) is 25.2 Å². The maximum atomic E-state index is 4.45. The van der Waals surface area contributed by atoms with E-state index in [1.807, 2.05) is 12.3 Å². The van der Waals surface area contributed by atoms with Crippen LogP contribution in [0.25, 0.3) is 10.9 Å². The van der Waals surface area contributed by atoms with Crippen LogP contribution in [0.3, 0.4) is 0 Å². The molecular weight excluding hydrogens is 234 g/mol. The molecule has 100 valence electrons. The normalized spacial score (nSPS) is 19.4. The fourth-order valence-electron chi connectivity index (χ4n) is 2.88. The molecule has 3 nitrogen and oxygen atoms in total. The second-order valence-electron chi connectivity index (χ2n) is 5.93. The number of hydrogen-bond donors (Lipinski definition) is 1. The summed E-state index contributed by atoms with van der Waals surface area (Å²) < 4.78 is 0. The summed E-state index contributed by atoms with van der Waals surface area (Å²) in [6.45, 7) is 7.77. The van der Waals surface area contributed by atoms with Gasteiger partial charge in [-0.15, -0.1) is 0 Å². The summed E-state index contributed by atoms with van der Waals surface area (Å²) in [6, 6.07) is 10.6. The van der Waals surface area contributed by atoms with Crippen molar-refractivity contribution >= 4 is 16.6 Å². The number of anilines is 1. The van der Waals surface area contributed by atoms with Crippen LogP contribution in [0, 0.1) is 0 Å². The van der Waals surface area contributed by atoms with Crippen LogP contribution >= 0.6 is 0 Å². The fourth-order valence-corrected chi connectivity index (χ4v) is 2.88. The van der Waals surface area contributed by atoms with Crippen molar-refractivity contribution in [2.24, 2.45) is 0 Å². The molecule has 3 rings (SSSR count). The van der Waals surface area contributed by atoms with Crippen molar-refractivity contribution in [2.75, 3.05) is 24.5 Å². The molecule has 1 saturated heterocycles. The maximum Gasteiger partial charge on any atom is 0.0722 e. The van der Waals surface area contributed by atoms with Gasteiger partial charge in [0.25, 0.3) is 0 Å². The SMILES string of the molecule is CC1(C)CN(c2cccc3ncccc23)CCCN1. The minimum atomic E-state index is 0.154. The Balaban J connectivity index is 2.03. The van der Waals surface area contributed by atoms with Crippen molar-refractivity contribution in [2.45, 2.75) is 25.8 Å². The lowest BCUT2D eigenvalue weighted by Crippen LogP contribution is -2.46. The first kappa shape index (κ1) is 12.4. The Hall–Kier alpha value is -1.61. The minimum Gasteiger partial charge on any atom is -0.369 e. The largest absolute Gasteiger partial charge is 0.369 e. The number of nitrogens with one attached hydrogen (secondary N) is 1. The lowest BCUT2D eigenvalue weighted by molar-refractivity contribution is 0.416. The lowest BCUT2D eigenvalue weighted by Gasteiger charge is -2.32. The third-order valence-electron chi connectivity index (χ3n) is 3.76. The van der Waals surface area contributed by atoms with Crippen LogP contribution < -0.4 is 10.2 Å². The maximum absolute atomic E-state index is 4.45. The van der Waals surface area contributed by atoms with Crippen LogP contribution in [0.15, 0.2) is 36.5 Å². The van der Waals surface area contributed by atoms with E-state index < -0.39 is 0 Å². The van der Waals surface area contributed by atoms with Crippen LogP contribution in [-0.4, -0.2) is 30.2 Å². The summed E-state index contributed by atoms with van der Waals surface area (Å²) in [5.41, 5.74) is 2.54. The Morgan fingerprint density at radius 3 is 3.00 bits per heavy atom. The van der Waals surface area contributed by atoms with E-state index in [1.165, 1.54) is 17.5 Å². The summed E-state index contributed by atoms with van der Waals surface area (Å²) in [5.74, 6) is 0. The molecule has 0 atom stereocenters. The average Bonchev–Trinajstić information content (AvgIpc) is 2.59. The van der Waals surface area contributed by atoms with Crippen LogP contribution in [0.2, 0.25) is 0 Å². The summed E-state index contributed by atoms with van der Waals surface area (Å²) in [5, 5.41) is 4.86. The van der Waals surface area contributed by atoms with Gasteiger partial charge in [0.05, 0.1) is 5.52 Å². The number of rotatable bonds is 1. The molecule has 2 heterocycles. The van der Waals surface area contributed by atoms with Gasteiger partial charge in [-0.2, -0.15) is 0 Å². The van der Waals surface area contributed by atoms with Crippen molar-refractivity contribution in [1.29, 1.82) is 0 Å². The number of benzene rings is 1. The molecule has 0 spiro atoms. The second-order valence-corrected chi connectivity index (χ2v) is 5.93. The van der Waals surface area contributed by atoms with E-state index in [4.69, 9.17) is 0 Å². The Labute approximate surface area is 114 Å². The Kier molecular flexibility index (Phi) is 3.15. The van der Waals surface area contributed by atoms with Crippen LogP contribution in [0.1, 0.15) is 20.3 Å². The highest BCUT2D eigenvalue weighted by molar-refractivity contribution is 5.91. The van der Waals surface area contributed by atoms with Gasteiger partial charge in [-0.05, 0) is 51.1 Å². The van der Waals surface area contributed by atoms with E-state index in [9.17, 15) is 0 Å². The van der Waals surface area contributed by atoms with Crippen LogP contribution in [0.4, 0.5) is 5.69 Å². The van der Waals surface area contributed by atoms with Crippen LogP contribution in [0.5, 0.6) is 0 Å². The summed E-state index contributed by atoms with van der Waals surface area (Å²) >= 11 is 0. The molecule has 1 aliphatic heterocycles. The molecule has 19 heavy (non-hydrogen) atoms. The van der Waals surface area contributed by atoms with Gasteiger partial charge in [0.15, 0.2) is 0 Å². The van der Waals surface area contributed by atoms with Gasteiger partial charge in [-0.1, -0.05) is 6.07 Å². The number of fused-ring (bicyclic) bond motifs is 1. The number of hydrogen-bond acceptors (Lipinski definition) is 3. The zero-order valence-electron chi connectivity index (χ0n) is 11.7. The predicted molar refractivity (Wildman–Crippen MR) is 80.7 cm³/mol. The Morgan fingerprint density at radius 1 is 1.21 bits per heavy atom. The summed E-state index contributed by atoms with van der Waals surface area (Å²) in [7, 11) is 0. The third-order valence-corrected chi connectivity index (χ3v) is 3.76. The van der Waals surface area contributed by atoms with E-state index >= 15 is 0 Å². The Morgan fingerprint density at radius 2 is 2.11 bits per heavy atom. The first-order chi connectivity index (χ1) is 9.16. The van der Waals surface area contributed by atoms with Crippen molar-refractivity contribution in [1.82, 2.24) is 10.3 Å². The van der Waals surface area contributed by atoms with Gasteiger partial charge in [-0.25, -0.2) is 0 Å². The molecule has 0 bridgehead atoms. The van der Waals surface area contributed by atoms with E-state index in [-0.39, 0.29) is 5.54 Å². The van der Waals surface area contributed by atoms with Crippen molar-refractivity contribution < 1.29 is 0 Å². The smallest absolute Gasteiger partial charge is 0.0722 e. The van der Waals surface area contributed by atoms with Crippen molar-refractivity contribution in [3.8, 4) is 0 Å². The molecule has 0 amide bonds. The van der Waals surface area contributed by atoms with Gasteiger partial charge in [0.1, 0.15) is 0 Å². The molecule has 0 unspecified atom stereocenters. The molecule has 0 aliphatic carbocycles. The van der Waals surface area contributed by atoms with Gasteiger partial charge < -0.3 is 10.2 Å². The van der Waals surface area contributed by atoms with Gasteiger partial charge in [-0.3, -0.25) is 4.98 Å². The highest BCUT2D eigenvalue weighted by atomic mass is 15.2. The Bertz CT molecular complexity index is 572. The average molecular weight is 255 g/mol. The zero-order valence-corrected chi connectivity index (χ0v) is 11.7. The monoisotopic (exact) mass is 255 g/mol. The van der Waals surface area contributed by atoms with E-state index in [0.29, 0.717) is 0 Å². The standard InChI is InChI=1S/C16H21N3/c1-16(2)12-19(11-5-10-18-16)15-8-3-7-14-13(15)6-4-9-17-14/h3-4,6-9,18H,5,10-12H2,1-2H3. The number of pyridine rings is 1. The lowest BCUT2D eigenvalue weighted by atomic mass is 10.0. The van der Waals surface area contributed by atoms with E-state index in [2.05, 4.69) is 53.3 Å². The predicted octanol–water partition coefficient (Wildman–Crippen LogP) is 2.81. The minimum absolute atomic E-state index is 0.154. The van der Waals surface area contributed by atoms with Crippen molar-refractivity contribution in [3.05, 3.63) is 36.5 Å². The molecule has 2 aromatic rings. The summed E-state index contributed by atoms with van der Waals surface area (Å²) in [4.78, 5) is 6.94. The highest BCUT2D eigenvalue weighted by Crippen LogP contribution is 2.27. The molecule has 1 aromatic heterocycles. The summed E-state index contributed by atoms with van der Waals surface area (Å²) in [6.07, 6.45) is 3.04. The molecule has 1 N–H and O–H groups in total.